The molecular weight excluding hydrogens is 374 g/mol. The number of benzene rings is 2. The summed E-state index contributed by atoms with van der Waals surface area (Å²) >= 11 is 0. The van der Waals surface area contributed by atoms with Crippen molar-refractivity contribution in [1.82, 2.24) is 4.90 Å². The van der Waals surface area contributed by atoms with Crippen LogP contribution in [0.2, 0.25) is 0 Å². The number of carbonyl (C=O) groups is 1. The highest BCUT2D eigenvalue weighted by Crippen LogP contribution is 2.20. The molecule has 7 heteroatoms. The first-order valence-electron chi connectivity index (χ1n) is 9.51. The van der Waals surface area contributed by atoms with Crippen molar-refractivity contribution in [2.75, 3.05) is 29.4 Å². The fraction of sp³-hybridized carbons (Fsp3) is 0.381. The molecule has 0 atom stereocenters. The lowest BCUT2D eigenvalue weighted by Crippen LogP contribution is -2.29. The molecule has 2 aromatic carbocycles. The van der Waals surface area contributed by atoms with Gasteiger partial charge >= 0.3 is 0 Å². The number of sulfonamides is 1. The molecular formula is C21H27N3O3S. The minimum Gasteiger partial charge on any atom is -0.322 e. The lowest BCUT2D eigenvalue weighted by atomic mass is 10.1. The molecule has 6 nitrogen and oxygen atoms in total. The number of nitrogens with zero attached hydrogens (tertiary/aromatic N) is 1. The zero-order chi connectivity index (χ0) is 20.1. The molecule has 0 aliphatic carbocycles. The van der Waals surface area contributed by atoms with Gasteiger partial charge in [-0.2, -0.15) is 0 Å². The summed E-state index contributed by atoms with van der Waals surface area (Å²) < 4.78 is 25.5. The Morgan fingerprint density at radius 3 is 2.54 bits per heavy atom. The van der Waals surface area contributed by atoms with E-state index in [1.54, 1.807) is 25.1 Å². The van der Waals surface area contributed by atoms with Crippen LogP contribution in [0, 0.1) is 6.92 Å². The van der Waals surface area contributed by atoms with Gasteiger partial charge in [0.1, 0.15) is 0 Å². The fourth-order valence-electron chi connectivity index (χ4n) is 3.40. The Balaban J connectivity index is 1.70. The summed E-state index contributed by atoms with van der Waals surface area (Å²) in [5.41, 5.74) is 3.47. The molecule has 0 bridgehead atoms. The van der Waals surface area contributed by atoms with Crippen molar-refractivity contribution in [3.63, 3.8) is 0 Å². The first-order chi connectivity index (χ1) is 13.3. The van der Waals surface area contributed by atoms with E-state index in [9.17, 15) is 13.2 Å². The van der Waals surface area contributed by atoms with E-state index in [0.717, 1.165) is 37.1 Å². The lowest BCUT2D eigenvalue weighted by molar-refractivity contribution is 0.102. The van der Waals surface area contributed by atoms with E-state index in [-0.39, 0.29) is 5.91 Å². The summed E-state index contributed by atoms with van der Waals surface area (Å²) in [6, 6.07) is 12.9. The van der Waals surface area contributed by atoms with Crippen molar-refractivity contribution in [2.45, 2.75) is 32.7 Å². The Hall–Kier alpha value is -2.38. The standard InChI is InChI=1S/C21H27N3O3S/c1-16-9-10-18(14-20(16)23-28(2,26)27)21(25)22-19-8-6-7-17(13-19)15-24-11-4-3-5-12-24/h6-10,13-14,23H,3-5,11-12,15H2,1-2H3,(H,22,25). The van der Waals surface area contributed by atoms with Crippen LogP contribution < -0.4 is 10.0 Å². The van der Waals surface area contributed by atoms with Crippen LogP contribution in [0.25, 0.3) is 0 Å². The van der Waals surface area contributed by atoms with Gasteiger partial charge < -0.3 is 5.32 Å². The Bertz CT molecular complexity index is 951. The van der Waals surface area contributed by atoms with Crippen LogP contribution in [0.5, 0.6) is 0 Å². The van der Waals surface area contributed by atoms with E-state index in [1.165, 1.54) is 24.8 Å². The molecule has 2 aromatic rings. The average molecular weight is 402 g/mol. The number of piperidine rings is 1. The van der Waals surface area contributed by atoms with Crippen molar-refractivity contribution >= 4 is 27.3 Å². The third-order valence-electron chi connectivity index (χ3n) is 4.83. The summed E-state index contributed by atoms with van der Waals surface area (Å²) in [7, 11) is -3.41. The third kappa shape index (κ3) is 5.81. The summed E-state index contributed by atoms with van der Waals surface area (Å²) in [6.07, 6.45) is 4.88. The third-order valence-corrected chi connectivity index (χ3v) is 5.43. The van der Waals surface area contributed by atoms with Crippen molar-refractivity contribution < 1.29 is 13.2 Å². The quantitative estimate of drug-likeness (QED) is 0.775. The Kier molecular flexibility index (Phi) is 6.36. The van der Waals surface area contributed by atoms with E-state index in [4.69, 9.17) is 0 Å². The Morgan fingerprint density at radius 2 is 1.82 bits per heavy atom. The maximum absolute atomic E-state index is 12.6. The number of likely N-dealkylation sites (tertiary alicyclic amines) is 1. The van der Waals surface area contributed by atoms with E-state index in [2.05, 4.69) is 21.0 Å². The SMILES string of the molecule is Cc1ccc(C(=O)Nc2cccc(CN3CCCCC3)c2)cc1NS(C)(=O)=O. The van der Waals surface area contributed by atoms with Crippen molar-refractivity contribution in [2.24, 2.45) is 0 Å². The normalized spacial score (nSPS) is 15.2. The molecule has 0 spiro atoms. The predicted octanol–water partition coefficient (Wildman–Crippen LogP) is 3.60. The highest BCUT2D eigenvalue weighted by molar-refractivity contribution is 7.92. The number of hydrogen-bond acceptors (Lipinski definition) is 4. The number of anilines is 2. The molecule has 1 saturated heterocycles. The number of amides is 1. The zero-order valence-corrected chi connectivity index (χ0v) is 17.2. The summed E-state index contributed by atoms with van der Waals surface area (Å²) in [5, 5.41) is 2.91. The number of rotatable bonds is 6. The van der Waals surface area contributed by atoms with E-state index in [0.29, 0.717) is 11.3 Å². The van der Waals surface area contributed by atoms with Gasteiger partial charge in [0.2, 0.25) is 10.0 Å². The largest absolute Gasteiger partial charge is 0.322 e. The van der Waals surface area contributed by atoms with Gasteiger partial charge in [-0.1, -0.05) is 24.6 Å². The molecule has 1 aliphatic heterocycles. The molecule has 0 unspecified atom stereocenters. The minimum atomic E-state index is -3.41. The fourth-order valence-corrected chi connectivity index (χ4v) is 4.02. The minimum absolute atomic E-state index is 0.272. The summed E-state index contributed by atoms with van der Waals surface area (Å²) in [6.45, 7) is 4.92. The molecule has 0 radical (unpaired) electrons. The lowest BCUT2D eigenvalue weighted by Gasteiger charge is -2.26. The topological polar surface area (TPSA) is 78.5 Å². The molecule has 0 aromatic heterocycles. The Labute approximate surface area is 167 Å². The second kappa shape index (κ2) is 8.75. The molecule has 1 aliphatic rings. The second-order valence-corrected chi connectivity index (χ2v) is 9.14. The summed E-state index contributed by atoms with van der Waals surface area (Å²) in [4.78, 5) is 15.1. The van der Waals surface area contributed by atoms with Gasteiger partial charge in [-0.15, -0.1) is 0 Å². The van der Waals surface area contributed by atoms with Crippen LogP contribution in [0.1, 0.15) is 40.7 Å². The number of aryl methyl sites for hydroxylation is 1. The molecule has 0 saturated carbocycles. The number of nitrogens with one attached hydrogen (secondary N) is 2. The van der Waals surface area contributed by atoms with Crippen molar-refractivity contribution in [3.05, 3.63) is 59.2 Å². The van der Waals surface area contributed by atoms with Crippen LogP contribution in [0.15, 0.2) is 42.5 Å². The second-order valence-electron chi connectivity index (χ2n) is 7.40. The van der Waals surface area contributed by atoms with Crippen LogP contribution in [-0.2, 0) is 16.6 Å². The number of carbonyl (C=O) groups excluding carboxylic acids is 1. The maximum atomic E-state index is 12.6. The van der Waals surface area contributed by atoms with Gasteiger partial charge in [0.05, 0.1) is 11.9 Å². The molecule has 1 fully saturated rings. The van der Waals surface area contributed by atoms with Gasteiger partial charge in [0, 0.05) is 17.8 Å². The molecule has 150 valence electrons. The highest BCUT2D eigenvalue weighted by Gasteiger charge is 2.13. The highest BCUT2D eigenvalue weighted by atomic mass is 32.2. The van der Waals surface area contributed by atoms with E-state index < -0.39 is 10.0 Å². The van der Waals surface area contributed by atoms with Gasteiger partial charge in [-0.3, -0.25) is 14.4 Å². The maximum Gasteiger partial charge on any atom is 0.255 e. The van der Waals surface area contributed by atoms with Gasteiger partial charge in [0.25, 0.3) is 5.91 Å². The molecule has 28 heavy (non-hydrogen) atoms. The van der Waals surface area contributed by atoms with Crippen LogP contribution >= 0.6 is 0 Å². The Morgan fingerprint density at radius 1 is 1.07 bits per heavy atom. The van der Waals surface area contributed by atoms with Crippen LogP contribution in [0.4, 0.5) is 11.4 Å². The predicted molar refractivity (Wildman–Crippen MR) is 113 cm³/mol. The van der Waals surface area contributed by atoms with Crippen molar-refractivity contribution in [1.29, 1.82) is 0 Å². The molecule has 1 amide bonds. The summed E-state index contributed by atoms with van der Waals surface area (Å²) in [5.74, 6) is -0.272. The van der Waals surface area contributed by atoms with Gasteiger partial charge in [-0.25, -0.2) is 8.42 Å². The molecule has 1 heterocycles. The first kappa shape index (κ1) is 20.4. The van der Waals surface area contributed by atoms with E-state index >= 15 is 0 Å². The monoisotopic (exact) mass is 401 g/mol. The zero-order valence-electron chi connectivity index (χ0n) is 16.4. The number of hydrogen-bond donors (Lipinski definition) is 2. The van der Waals surface area contributed by atoms with Crippen molar-refractivity contribution in [3.8, 4) is 0 Å². The molecule has 3 rings (SSSR count). The van der Waals surface area contributed by atoms with Gasteiger partial charge in [-0.05, 0) is 68.2 Å². The average Bonchev–Trinajstić information content (AvgIpc) is 2.63. The smallest absolute Gasteiger partial charge is 0.255 e. The van der Waals surface area contributed by atoms with Crippen LogP contribution in [-0.4, -0.2) is 38.6 Å². The van der Waals surface area contributed by atoms with E-state index in [1.807, 2.05) is 18.2 Å². The van der Waals surface area contributed by atoms with Crippen LogP contribution in [0.3, 0.4) is 0 Å². The first-order valence-corrected chi connectivity index (χ1v) is 11.4. The molecule has 2 N–H and O–H groups in total. The van der Waals surface area contributed by atoms with Gasteiger partial charge in [0.15, 0.2) is 0 Å².